The highest BCUT2D eigenvalue weighted by atomic mass is 16.4. The Morgan fingerprint density at radius 2 is 2.24 bits per heavy atom. The molecule has 0 aliphatic heterocycles. The van der Waals surface area contributed by atoms with Crippen LogP contribution in [0.1, 0.15) is 25.0 Å². The summed E-state index contributed by atoms with van der Waals surface area (Å²) in [7, 11) is 0. The first-order valence-corrected chi connectivity index (χ1v) is 5.73. The van der Waals surface area contributed by atoms with Gasteiger partial charge < -0.3 is 15.8 Å². The van der Waals surface area contributed by atoms with E-state index in [1.54, 1.807) is 12.4 Å². The van der Waals surface area contributed by atoms with Crippen molar-refractivity contribution >= 4 is 11.7 Å². The molecule has 0 spiro atoms. The zero-order chi connectivity index (χ0) is 12.3. The van der Waals surface area contributed by atoms with Gasteiger partial charge in [-0.3, -0.25) is 4.98 Å². The number of hydrogen-bond donors (Lipinski definition) is 2. The summed E-state index contributed by atoms with van der Waals surface area (Å²) in [6.45, 7) is 2.65. The second kappa shape index (κ2) is 4.99. The molecule has 1 aliphatic carbocycles. The molecule has 17 heavy (non-hydrogen) atoms. The number of nitrogens with zero attached hydrogens (tertiary/aromatic N) is 4. The lowest BCUT2D eigenvalue weighted by Crippen LogP contribution is -2.31. The van der Waals surface area contributed by atoms with Crippen LogP contribution in [0.25, 0.3) is 0 Å². The number of nitrogens with two attached hydrogens (primary N) is 1. The van der Waals surface area contributed by atoms with Crippen LogP contribution in [0.3, 0.4) is 0 Å². The fraction of sp³-hybridized carbons (Fsp3) is 0.545. The lowest BCUT2D eigenvalue weighted by molar-refractivity contribution is 0.317. The Bertz CT molecular complexity index is 416. The van der Waals surface area contributed by atoms with E-state index >= 15 is 0 Å². The molecule has 1 aliphatic rings. The topological polar surface area (TPSA) is 87.6 Å². The number of aryl methyl sites for hydroxylation is 1. The van der Waals surface area contributed by atoms with E-state index in [0.717, 1.165) is 11.5 Å². The van der Waals surface area contributed by atoms with E-state index in [2.05, 4.69) is 20.0 Å². The van der Waals surface area contributed by atoms with Crippen molar-refractivity contribution in [3.63, 3.8) is 0 Å². The van der Waals surface area contributed by atoms with Crippen molar-refractivity contribution in [3.8, 4) is 0 Å². The standard InChI is InChI=1S/C11H17N5O/c1-8-11(14-6-5-13-8)16(9-2-3-9)7-4-10(12)15-17/h5-6,9,17H,2-4,7H2,1H3,(H2,12,15). The van der Waals surface area contributed by atoms with Gasteiger partial charge in [-0.1, -0.05) is 5.16 Å². The molecule has 0 amide bonds. The van der Waals surface area contributed by atoms with Gasteiger partial charge in [-0.15, -0.1) is 0 Å². The third kappa shape index (κ3) is 2.83. The summed E-state index contributed by atoms with van der Waals surface area (Å²) in [6.07, 6.45) is 6.26. The molecule has 0 bridgehead atoms. The maximum Gasteiger partial charge on any atom is 0.150 e. The second-order valence-corrected chi connectivity index (χ2v) is 4.23. The summed E-state index contributed by atoms with van der Waals surface area (Å²) in [4.78, 5) is 10.8. The van der Waals surface area contributed by atoms with Gasteiger partial charge in [0.25, 0.3) is 0 Å². The summed E-state index contributed by atoms with van der Waals surface area (Å²) in [5, 5.41) is 11.5. The number of anilines is 1. The van der Waals surface area contributed by atoms with Gasteiger partial charge >= 0.3 is 0 Å². The minimum atomic E-state index is 0.247. The van der Waals surface area contributed by atoms with Crippen molar-refractivity contribution < 1.29 is 5.21 Å². The van der Waals surface area contributed by atoms with Crippen LogP contribution in [0.4, 0.5) is 5.82 Å². The van der Waals surface area contributed by atoms with Crippen molar-refractivity contribution in [2.24, 2.45) is 10.9 Å². The molecular formula is C11H17N5O. The predicted molar refractivity (Wildman–Crippen MR) is 65.2 cm³/mol. The zero-order valence-corrected chi connectivity index (χ0v) is 9.87. The van der Waals surface area contributed by atoms with E-state index in [-0.39, 0.29) is 5.84 Å². The first-order chi connectivity index (χ1) is 8.22. The SMILES string of the molecule is Cc1nccnc1N(CCC(N)=NO)C1CC1. The molecule has 2 rings (SSSR count). The number of rotatable bonds is 5. The van der Waals surface area contributed by atoms with E-state index in [0.29, 0.717) is 19.0 Å². The van der Waals surface area contributed by atoms with Crippen LogP contribution in [-0.4, -0.2) is 33.6 Å². The van der Waals surface area contributed by atoms with Gasteiger partial charge in [-0.25, -0.2) is 4.98 Å². The summed E-state index contributed by atoms with van der Waals surface area (Å²) < 4.78 is 0. The zero-order valence-electron chi connectivity index (χ0n) is 9.87. The highest BCUT2D eigenvalue weighted by molar-refractivity contribution is 5.80. The molecule has 0 aromatic carbocycles. The fourth-order valence-electron chi connectivity index (χ4n) is 1.81. The molecule has 1 aromatic heterocycles. The first kappa shape index (κ1) is 11.6. The quantitative estimate of drug-likeness (QED) is 0.342. The van der Waals surface area contributed by atoms with Crippen LogP contribution in [0.15, 0.2) is 17.5 Å². The minimum Gasteiger partial charge on any atom is -0.409 e. The summed E-state index contributed by atoms with van der Waals surface area (Å²) in [6, 6.07) is 0.525. The van der Waals surface area contributed by atoms with Gasteiger partial charge in [0.05, 0.1) is 5.69 Å². The first-order valence-electron chi connectivity index (χ1n) is 5.73. The normalized spacial score (nSPS) is 15.9. The van der Waals surface area contributed by atoms with Gasteiger partial charge in [0.2, 0.25) is 0 Å². The van der Waals surface area contributed by atoms with E-state index in [1.165, 1.54) is 12.8 Å². The Morgan fingerprint density at radius 3 is 2.82 bits per heavy atom. The molecule has 92 valence electrons. The molecule has 0 radical (unpaired) electrons. The molecule has 3 N–H and O–H groups in total. The third-order valence-electron chi connectivity index (χ3n) is 2.85. The van der Waals surface area contributed by atoms with Crippen molar-refractivity contribution in [2.75, 3.05) is 11.4 Å². The van der Waals surface area contributed by atoms with Crippen LogP contribution in [0.5, 0.6) is 0 Å². The Morgan fingerprint density at radius 1 is 1.53 bits per heavy atom. The number of amidine groups is 1. The van der Waals surface area contributed by atoms with Crippen LogP contribution in [0, 0.1) is 6.92 Å². The minimum absolute atomic E-state index is 0.247. The number of aromatic nitrogens is 2. The summed E-state index contributed by atoms with van der Waals surface area (Å²) >= 11 is 0. The molecule has 1 fully saturated rings. The lowest BCUT2D eigenvalue weighted by Gasteiger charge is -2.24. The van der Waals surface area contributed by atoms with E-state index < -0.39 is 0 Å². The average Bonchev–Trinajstić information content (AvgIpc) is 3.15. The summed E-state index contributed by atoms with van der Waals surface area (Å²) in [5.41, 5.74) is 6.41. The van der Waals surface area contributed by atoms with Gasteiger partial charge in [0.1, 0.15) is 11.7 Å². The van der Waals surface area contributed by atoms with Gasteiger partial charge in [-0.05, 0) is 19.8 Å². The Labute approximate surface area is 100 Å². The van der Waals surface area contributed by atoms with Crippen molar-refractivity contribution in [1.29, 1.82) is 0 Å². The van der Waals surface area contributed by atoms with Gasteiger partial charge in [0.15, 0.2) is 0 Å². The Balaban J connectivity index is 2.10. The van der Waals surface area contributed by atoms with Crippen molar-refractivity contribution in [2.45, 2.75) is 32.2 Å². The average molecular weight is 235 g/mol. The molecule has 0 saturated heterocycles. The van der Waals surface area contributed by atoms with Crippen molar-refractivity contribution in [1.82, 2.24) is 9.97 Å². The maximum absolute atomic E-state index is 8.54. The predicted octanol–water partition coefficient (Wildman–Crippen LogP) is 0.890. The molecule has 0 unspecified atom stereocenters. The van der Waals surface area contributed by atoms with Crippen LogP contribution in [-0.2, 0) is 0 Å². The largest absolute Gasteiger partial charge is 0.409 e. The van der Waals surface area contributed by atoms with Gasteiger partial charge in [0, 0.05) is 31.4 Å². The number of hydrogen-bond acceptors (Lipinski definition) is 5. The smallest absolute Gasteiger partial charge is 0.150 e. The van der Waals surface area contributed by atoms with E-state index in [4.69, 9.17) is 10.9 Å². The van der Waals surface area contributed by atoms with E-state index in [1.807, 2.05) is 6.92 Å². The lowest BCUT2D eigenvalue weighted by atomic mass is 10.3. The van der Waals surface area contributed by atoms with Gasteiger partial charge in [-0.2, -0.15) is 0 Å². The highest BCUT2D eigenvalue weighted by Crippen LogP contribution is 2.31. The molecule has 1 saturated carbocycles. The summed E-state index contributed by atoms with van der Waals surface area (Å²) in [5.74, 6) is 1.15. The molecule has 1 heterocycles. The van der Waals surface area contributed by atoms with Crippen molar-refractivity contribution in [3.05, 3.63) is 18.1 Å². The monoisotopic (exact) mass is 235 g/mol. The Kier molecular flexibility index (Phi) is 3.41. The molecule has 1 aromatic rings. The molecule has 0 atom stereocenters. The Hall–Kier alpha value is -1.85. The maximum atomic E-state index is 8.54. The van der Waals surface area contributed by atoms with Crippen LogP contribution < -0.4 is 10.6 Å². The fourth-order valence-corrected chi connectivity index (χ4v) is 1.81. The third-order valence-corrected chi connectivity index (χ3v) is 2.85. The highest BCUT2D eigenvalue weighted by Gasteiger charge is 2.30. The molecular weight excluding hydrogens is 218 g/mol. The van der Waals surface area contributed by atoms with Crippen LogP contribution in [0.2, 0.25) is 0 Å². The number of oxime groups is 1. The van der Waals surface area contributed by atoms with Crippen LogP contribution >= 0.6 is 0 Å². The molecule has 6 heteroatoms. The second-order valence-electron chi connectivity index (χ2n) is 4.23. The molecule has 6 nitrogen and oxygen atoms in total. The van der Waals surface area contributed by atoms with E-state index in [9.17, 15) is 0 Å².